The average molecular weight is 184 g/mol. The fourth-order valence-electron chi connectivity index (χ4n) is 1.39. The quantitative estimate of drug-likeness (QED) is 0.626. The van der Waals surface area contributed by atoms with Gasteiger partial charge in [-0.15, -0.1) is 5.10 Å². The Kier molecular flexibility index (Phi) is 2.26. The number of aromatic nitrogens is 3. The van der Waals surface area contributed by atoms with Gasteiger partial charge in [-0.3, -0.25) is 4.84 Å². The third-order valence-electron chi connectivity index (χ3n) is 2.22. The summed E-state index contributed by atoms with van der Waals surface area (Å²) in [6, 6.07) is 0.188. The molecule has 1 aliphatic heterocycles. The van der Waals surface area contributed by atoms with Crippen LogP contribution in [0.15, 0.2) is 0 Å². The van der Waals surface area contributed by atoms with Crippen molar-refractivity contribution in [2.45, 2.75) is 19.6 Å². The lowest BCUT2D eigenvalue weighted by molar-refractivity contribution is 0.0967. The van der Waals surface area contributed by atoms with Gasteiger partial charge in [0.05, 0.1) is 24.9 Å². The molecular weight excluding hydrogens is 172 g/mol. The molecule has 0 unspecified atom stereocenters. The van der Waals surface area contributed by atoms with Crippen LogP contribution in [0.4, 0.5) is 0 Å². The van der Waals surface area contributed by atoms with Crippen molar-refractivity contribution in [3.05, 3.63) is 11.4 Å². The van der Waals surface area contributed by atoms with Crippen molar-refractivity contribution in [3.63, 3.8) is 0 Å². The molecule has 0 radical (unpaired) electrons. The Labute approximate surface area is 75.5 Å². The van der Waals surface area contributed by atoms with Crippen molar-refractivity contribution in [2.75, 3.05) is 13.2 Å². The lowest BCUT2D eigenvalue weighted by Gasteiger charge is -2.07. The number of rotatable bonds is 2. The first-order valence-electron chi connectivity index (χ1n) is 4.19. The van der Waals surface area contributed by atoms with Crippen molar-refractivity contribution in [1.82, 2.24) is 20.5 Å². The van der Waals surface area contributed by atoms with E-state index in [-0.39, 0.29) is 12.6 Å². The maximum absolute atomic E-state index is 8.91. The fourth-order valence-corrected chi connectivity index (χ4v) is 1.39. The van der Waals surface area contributed by atoms with Crippen LogP contribution in [-0.4, -0.2) is 33.3 Å². The van der Waals surface area contributed by atoms with Crippen molar-refractivity contribution in [3.8, 4) is 0 Å². The molecule has 2 heterocycles. The van der Waals surface area contributed by atoms with Gasteiger partial charge in [0, 0.05) is 6.54 Å². The summed E-state index contributed by atoms with van der Waals surface area (Å²) in [6.45, 7) is 3.15. The summed E-state index contributed by atoms with van der Waals surface area (Å²) in [5.41, 5.74) is 4.31. The summed E-state index contributed by atoms with van der Waals surface area (Å²) in [5, 5.41) is 16.7. The Morgan fingerprint density at radius 2 is 2.62 bits per heavy atom. The minimum absolute atomic E-state index is 0.0627. The number of aliphatic hydroxyl groups is 1. The van der Waals surface area contributed by atoms with Gasteiger partial charge >= 0.3 is 0 Å². The number of hydroxylamine groups is 1. The molecule has 1 aliphatic rings. The van der Waals surface area contributed by atoms with Gasteiger partial charge in [-0.2, -0.15) is 0 Å². The van der Waals surface area contributed by atoms with Crippen LogP contribution in [-0.2, 0) is 11.4 Å². The molecule has 1 saturated heterocycles. The van der Waals surface area contributed by atoms with Crippen LogP contribution in [0.5, 0.6) is 0 Å². The van der Waals surface area contributed by atoms with E-state index in [0.717, 1.165) is 12.2 Å². The topological polar surface area (TPSA) is 72.2 Å². The first-order chi connectivity index (χ1) is 6.33. The smallest absolute Gasteiger partial charge is 0.111 e. The highest BCUT2D eigenvalue weighted by Crippen LogP contribution is 2.13. The van der Waals surface area contributed by atoms with Crippen LogP contribution in [0.25, 0.3) is 0 Å². The molecule has 72 valence electrons. The van der Waals surface area contributed by atoms with Gasteiger partial charge in [0.15, 0.2) is 0 Å². The SMILES string of the molecule is Cc1c(CO)nnn1[C@@H]1CNOC1. The van der Waals surface area contributed by atoms with E-state index in [1.807, 2.05) is 6.92 Å². The number of hydrogen-bond donors (Lipinski definition) is 2. The van der Waals surface area contributed by atoms with E-state index in [4.69, 9.17) is 9.94 Å². The van der Waals surface area contributed by atoms with Gasteiger partial charge in [-0.05, 0) is 6.92 Å². The second kappa shape index (κ2) is 3.41. The van der Waals surface area contributed by atoms with E-state index in [2.05, 4.69) is 15.8 Å². The average Bonchev–Trinajstić information content (AvgIpc) is 2.72. The second-order valence-electron chi connectivity index (χ2n) is 3.04. The summed E-state index contributed by atoms with van der Waals surface area (Å²) in [4.78, 5) is 5.01. The van der Waals surface area contributed by atoms with Gasteiger partial charge in [0.1, 0.15) is 5.69 Å². The number of hydrogen-bond acceptors (Lipinski definition) is 5. The van der Waals surface area contributed by atoms with Crippen LogP contribution in [0.2, 0.25) is 0 Å². The molecule has 6 nitrogen and oxygen atoms in total. The molecule has 2 N–H and O–H groups in total. The highest BCUT2D eigenvalue weighted by atomic mass is 16.7. The van der Waals surface area contributed by atoms with Gasteiger partial charge in [-0.25, -0.2) is 10.2 Å². The molecule has 1 fully saturated rings. The van der Waals surface area contributed by atoms with Gasteiger partial charge in [0.25, 0.3) is 0 Å². The van der Waals surface area contributed by atoms with E-state index in [9.17, 15) is 0 Å². The highest BCUT2D eigenvalue weighted by Gasteiger charge is 2.21. The molecule has 1 aromatic heterocycles. The lowest BCUT2D eigenvalue weighted by atomic mass is 10.3. The maximum atomic E-state index is 8.91. The Balaban J connectivity index is 2.24. The molecule has 0 amide bonds. The normalized spacial score (nSPS) is 22.5. The largest absolute Gasteiger partial charge is 0.390 e. The third kappa shape index (κ3) is 1.43. The summed E-state index contributed by atoms with van der Waals surface area (Å²) in [6.07, 6.45) is 0. The molecule has 6 heteroatoms. The van der Waals surface area contributed by atoms with E-state index in [1.54, 1.807) is 4.68 Å². The zero-order chi connectivity index (χ0) is 9.26. The molecule has 0 aromatic carbocycles. The van der Waals surface area contributed by atoms with Crippen LogP contribution in [0, 0.1) is 6.92 Å². The maximum Gasteiger partial charge on any atom is 0.111 e. The minimum atomic E-state index is -0.0627. The van der Waals surface area contributed by atoms with Gasteiger partial charge in [-0.1, -0.05) is 5.21 Å². The van der Waals surface area contributed by atoms with Crippen molar-refractivity contribution < 1.29 is 9.94 Å². The fraction of sp³-hybridized carbons (Fsp3) is 0.714. The number of nitrogens with one attached hydrogen (secondary N) is 1. The Hall–Kier alpha value is -0.980. The molecule has 1 aromatic rings. The molecule has 1 atom stereocenters. The molecule has 2 rings (SSSR count). The predicted octanol–water partition coefficient (Wildman–Crippen LogP) is -0.845. The Morgan fingerprint density at radius 3 is 3.15 bits per heavy atom. The standard InChI is InChI=1S/C7H12N4O2/c1-5-7(3-12)9-10-11(5)6-2-8-13-4-6/h6,8,12H,2-4H2,1H3/t6-/m1/s1. The lowest BCUT2D eigenvalue weighted by Crippen LogP contribution is -2.17. The second-order valence-corrected chi connectivity index (χ2v) is 3.04. The van der Waals surface area contributed by atoms with Crippen LogP contribution in [0.3, 0.4) is 0 Å². The minimum Gasteiger partial charge on any atom is -0.390 e. The number of nitrogens with zero attached hydrogens (tertiary/aromatic N) is 3. The zero-order valence-corrected chi connectivity index (χ0v) is 7.40. The van der Waals surface area contributed by atoms with Crippen LogP contribution < -0.4 is 5.48 Å². The molecule has 0 saturated carbocycles. The van der Waals surface area contributed by atoms with Gasteiger partial charge in [0.2, 0.25) is 0 Å². The first-order valence-corrected chi connectivity index (χ1v) is 4.19. The van der Waals surface area contributed by atoms with Crippen molar-refractivity contribution in [2.24, 2.45) is 0 Å². The van der Waals surface area contributed by atoms with E-state index in [1.165, 1.54) is 0 Å². The van der Waals surface area contributed by atoms with Crippen LogP contribution >= 0.6 is 0 Å². The molecular formula is C7H12N4O2. The Morgan fingerprint density at radius 1 is 1.77 bits per heavy atom. The van der Waals surface area contributed by atoms with Crippen LogP contribution in [0.1, 0.15) is 17.4 Å². The van der Waals surface area contributed by atoms with Crippen molar-refractivity contribution >= 4 is 0 Å². The zero-order valence-electron chi connectivity index (χ0n) is 7.40. The molecule has 0 aliphatic carbocycles. The molecule has 13 heavy (non-hydrogen) atoms. The van der Waals surface area contributed by atoms with Crippen molar-refractivity contribution in [1.29, 1.82) is 0 Å². The van der Waals surface area contributed by atoms with Gasteiger partial charge < -0.3 is 5.11 Å². The summed E-state index contributed by atoms with van der Waals surface area (Å²) >= 11 is 0. The summed E-state index contributed by atoms with van der Waals surface area (Å²) in [5.74, 6) is 0. The summed E-state index contributed by atoms with van der Waals surface area (Å²) < 4.78 is 1.78. The highest BCUT2D eigenvalue weighted by molar-refractivity contribution is 5.07. The van der Waals surface area contributed by atoms with E-state index >= 15 is 0 Å². The monoisotopic (exact) mass is 184 g/mol. The molecule has 0 bridgehead atoms. The predicted molar refractivity (Wildman–Crippen MR) is 43.7 cm³/mol. The molecule has 0 spiro atoms. The third-order valence-corrected chi connectivity index (χ3v) is 2.22. The van der Waals surface area contributed by atoms with E-state index < -0.39 is 0 Å². The summed E-state index contributed by atoms with van der Waals surface area (Å²) in [7, 11) is 0. The van der Waals surface area contributed by atoms with E-state index in [0.29, 0.717) is 12.3 Å². The first kappa shape index (κ1) is 8.61. The Bertz CT molecular complexity index is 293. The number of aliphatic hydroxyl groups excluding tert-OH is 1.